The van der Waals surface area contributed by atoms with Crippen molar-refractivity contribution in [1.82, 2.24) is 10.3 Å². The number of anilines is 1. The monoisotopic (exact) mass is 361 g/mol. The topological polar surface area (TPSA) is 71.1 Å². The van der Waals surface area contributed by atoms with Gasteiger partial charge in [0.15, 0.2) is 5.13 Å². The molecule has 0 radical (unpaired) electrons. The molecule has 1 heterocycles. The Labute approximate surface area is 149 Å². The van der Waals surface area contributed by atoms with Gasteiger partial charge in [-0.1, -0.05) is 19.3 Å². The van der Waals surface area contributed by atoms with Crippen LogP contribution >= 0.6 is 11.3 Å². The first kappa shape index (κ1) is 17.5. The second-order valence-electron chi connectivity index (χ2n) is 6.32. The molecular weight excluding hydrogens is 341 g/mol. The fraction of sp³-hybridized carbons (Fsp3) is 0.389. The number of halogens is 1. The van der Waals surface area contributed by atoms with Crippen molar-refractivity contribution < 1.29 is 14.0 Å². The SMILES string of the molecule is CC(=O)NC1(C(=O)Nc2nc(-c3ccc(F)cc3)cs2)CCCCC1. The van der Waals surface area contributed by atoms with Gasteiger partial charge in [0.25, 0.3) is 5.91 Å². The molecule has 0 atom stereocenters. The minimum atomic E-state index is -0.855. The lowest BCUT2D eigenvalue weighted by Crippen LogP contribution is -2.57. The zero-order valence-corrected chi connectivity index (χ0v) is 14.8. The van der Waals surface area contributed by atoms with Crippen molar-refractivity contribution in [3.8, 4) is 11.3 Å². The summed E-state index contributed by atoms with van der Waals surface area (Å²) in [6.45, 7) is 1.43. The summed E-state index contributed by atoms with van der Waals surface area (Å²) in [6, 6.07) is 6.05. The molecule has 0 saturated heterocycles. The lowest BCUT2D eigenvalue weighted by atomic mass is 9.81. The molecule has 1 aliphatic rings. The highest BCUT2D eigenvalue weighted by Crippen LogP contribution is 2.31. The Morgan fingerprint density at radius 1 is 1.16 bits per heavy atom. The van der Waals surface area contributed by atoms with Gasteiger partial charge in [-0.15, -0.1) is 11.3 Å². The highest BCUT2D eigenvalue weighted by Gasteiger charge is 2.40. The third-order valence-corrected chi connectivity index (χ3v) is 5.18. The summed E-state index contributed by atoms with van der Waals surface area (Å²) < 4.78 is 13.0. The second-order valence-corrected chi connectivity index (χ2v) is 7.18. The van der Waals surface area contributed by atoms with Gasteiger partial charge in [-0.2, -0.15) is 0 Å². The van der Waals surface area contributed by atoms with Gasteiger partial charge in [0.1, 0.15) is 11.4 Å². The zero-order valence-electron chi connectivity index (χ0n) is 14.0. The molecule has 25 heavy (non-hydrogen) atoms. The van der Waals surface area contributed by atoms with Crippen molar-refractivity contribution in [1.29, 1.82) is 0 Å². The summed E-state index contributed by atoms with van der Waals surface area (Å²) in [5.74, 6) is -0.729. The maximum absolute atomic E-state index is 13.0. The van der Waals surface area contributed by atoms with Crippen molar-refractivity contribution in [3.05, 3.63) is 35.5 Å². The van der Waals surface area contributed by atoms with Crippen LogP contribution in [0.15, 0.2) is 29.6 Å². The van der Waals surface area contributed by atoms with Gasteiger partial charge < -0.3 is 5.32 Å². The summed E-state index contributed by atoms with van der Waals surface area (Å²) in [5, 5.41) is 7.97. The zero-order chi connectivity index (χ0) is 17.9. The van der Waals surface area contributed by atoms with Crippen LogP contribution in [0.25, 0.3) is 11.3 Å². The van der Waals surface area contributed by atoms with E-state index in [1.54, 1.807) is 12.1 Å². The molecule has 2 aromatic rings. The van der Waals surface area contributed by atoms with Gasteiger partial charge in [-0.3, -0.25) is 14.9 Å². The highest BCUT2D eigenvalue weighted by atomic mass is 32.1. The van der Waals surface area contributed by atoms with Gasteiger partial charge in [0, 0.05) is 17.9 Å². The van der Waals surface area contributed by atoms with E-state index >= 15 is 0 Å². The average molecular weight is 361 g/mol. The summed E-state index contributed by atoms with van der Waals surface area (Å²) in [6.07, 6.45) is 4.16. The summed E-state index contributed by atoms with van der Waals surface area (Å²) in [5.41, 5.74) is 0.608. The van der Waals surface area contributed by atoms with Gasteiger partial charge in [-0.25, -0.2) is 9.37 Å². The molecule has 2 amide bonds. The number of aromatic nitrogens is 1. The van der Waals surface area contributed by atoms with E-state index in [1.165, 1.54) is 30.4 Å². The third kappa shape index (κ3) is 4.04. The van der Waals surface area contributed by atoms with Gasteiger partial charge in [0.05, 0.1) is 5.69 Å². The smallest absolute Gasteiger partial charge is 0.251 e. The number of hydrogen-bond acceptors (Lipinski definition) is 4. The number of carbonyl (C=O) groups excluding carboxylic acids is 2. The fourth-order valence-electron chi connectivity index (χ4n) is 3.20. The number of thiazole rings is 1. The number of carbonyl (C=O) groups is 2. The van der Waals surface area contributed by atoms with Crippen LogP contribution in [0, 0.1) is 5.82 Å². The van der Waals surface area contributed by atoms with E-state index in [-0.39, 0.29) is 17.6 Å². The molecule has 0 bridgehead atoms. The standard InChI is InChI=1S/C18H20FN3O2S/c1-12(23)22-18(9-3-2-4-10-18)16(24)21-17-20-15(11-25-17)13-5-7-14(19)8-6-13/h5-8,11H,2-4,9-10H2,1H3,(H,22,23)(H,20,21,24). The number of amides is 2. The second kappa shape index (κ2) is 7.31. The van der Waals surface area contributed by atoms with Crippen LogP contribution in [0.4, 0.5) is 9.52 Å². The van der Waals surface area contributed by atoms with Crippen LogP contribution in [-0.4, -0.2) is 22.3 Å². The Bertz CT molecular complexity index is 767. The Balaban J connectivity index is 1.75. The number of nitrogens with one attached hydrogen (secondary N) is 2. The first-order valence-electron chi connectivity index (χ1n) is 8.30. The lowest BCUT2D eigenvalue weighted by molar-refractivity contribution is -0.130. The summed E-state index contributed by atoms with van der Waals surface area (Å²) >= 11 is 1.31. The fourth-order valence-corrected chi connectivity index (χ4v) is 3.92. The quantitative estimate of drug-likeness (QED) is 0.872. The molecular formula is C18H20FN3O2S. The van der Waals surface area contributed by atoms with E-state index in [9.17, 15) is 14.0 Å². The lowest BCUT2D eigenvalue weighted by Gasteiger charge is -2.35. The molecule has 7 heteroatoms. The number of rotatable bonds is 4. The Morgan fingerprint density at radius 2 is 1.84 bits per heavy atom. The number of nitrogens with zero attached hydrogens (tertiary/aromatic N) is 1. The third-order valence-electron chi connectivity index (χ3n) is 4.42. The number of hydrogen-bond donors (Lipinski definition) is 2. The van der Waals surface area contributed by atoms with E-state index < -0.39 is 5.54 Å². The van der Waals surface area contributed by atoms with Crippen LogP contribution in [0.2, 0.25) is 0 Å². The maximum atomic E-state index is 13.0. The van der Waals surface area contributed by atoms with Crippen molar-refractivity contribution in [2.24, 2.45) is 0 Å². The van der Waals surface area contributed by atoms with Crippen LogP contribution in [0.3, 0.4) is 0 Å². The largest absolute Gasteiger partial charge is 0.342 e. The Hall–Kier alpha value is -2.28. The van der Waals surface area contributed by atoms with E-state index in [1.807, 2.05) is 5.38 Å². The Morgan fingerprint density at radius 3 is 2.48 bits per heavy atom. The van der Waals surface area contributed by atoms with E-state index in [2.05, 4.69) is 15.6 Å². The van der Waals surface area contributed by atoms with E-state index in [4.69, 9.17) is 0 Å². The van der Waals surface area contributed by atoms with Gasteiger partial charge in [-0.05, 0) is 37.1 Å². The molecule has 1 saturated carbocycles. The Kier molecular flexibility index (Phi) is 5.13. The van der Waals surface area contributed by atoms with Crippen molar-refractivity contribution in [2.45, 2.75) is 44.6 Å². The minimum absolute atomic E-state index is 0.205. The molecule has 132 valence electrons. The molecule has 0 spiro atoms. The van der Waals surface area contributed by atoms with Crippen LogP contribution in [0.5, 0.6) is 0 Å². The van der Waals surface area contributed by atoms with Gasteiger partial charge in [0.2, 0.25) is 5.91 Å². The van der Waals surface area contributed by atoms with E-state index in [0.717, 1.165) is 24.8 Å². The number of benzene rings is 1. The first-order valence-corrected chi connectivity index (χ1v) is 9.18. The maximum Gasteiger partial charge on any atom is 0.251 e. The van der Waals surface area contributed by atoms with Crippen molar-refractivity contribution in [3.63, 3.8) is 0 Å². The van der Waals surface area contributed by atoms with E-state index in [0.29, 0.717) is 23.7 Å². The van der Waals surface area contributed by atoms with Crippen molar-refractivity contribution >= 4 is 28.3 Å². The first-order chi connectivity index (χ1) is 12.0. The van der Waals surface area contributed by atoms with Crippen LogP contribution in [0.1, 0.15) is 39.0 Å². The molecule has 1 fully saturated rings. The molecule has 0 aliphatic heterocycles. The molecule has 1 aromatic heterocycles. The van der Waals surface area contributed by atoms with Crippen LogP contribution < -0.4 is 10.6 Å². The van der Waals surface area contributed by atoms with Crippen LogP contribution in [-0.2, 0) is 9.59 Å². The molecule has 0 unspecified atom stereocenters. The summed E-state index contributed by atoms with van der Waals surface area (Å²) in [4.78, 5) is 28.8. The molecule has 2 N–H and O–H groups in total. The molecule has 1 aliphatic carbocycles. The summed E-state index contributed by atoms with van der Waals surface area (Å²) in [7, 11) is 0. The minimum Gasteiger partial charge on any atom is -0.342 e. The van der Waals surface area contributed by atoms with Crippen molar-refractivity contribution in [2.75, 3.05) is 5.32 Å². The van der Waals surface area contributed by atoms with Gasteiger partial charge >= 0.3 is 0 Å². The predicted octanol–water partition coefficient (Wildman–Crippen LogP) is 3.73. The average Bonchev–Trinajstić information content (AvgIpc) is 3.04. The predicted molar refractivity (Wildman–Crippen MR) is 95.8 cm³/mol. The molecule has 1 aromatic carbocycles. The molecule has 5 nitrogen and oxygen atoms in total. The highest BCUT2D eigenvalue weighted by molar-refractivity contribution is 7.14. The normalized spacial score (nSPS) is 16.2. The molecule has 3 rings (SSSR count).